The van der Waals surface area contributed by atoms with Crippen LogP contribution in [0.4, 0.5) is 4.39 Å². The van der Waals surface area contributed by atoms with Gasteiger partial charge in [-0.05, 0) is 30.5 Å². The van der Waals surface area contributed by atoms with Crippen LogP contribution in [0.2, 0.25) is 0 Å². The van der Waals surface area contributed by atoms with Gasteiger partial charge in [-0.1, -0.05) is 30.3 Å². The molecule has 8 nitrogen and oxygen atoms in total. The first-order chi connectivity index (χ1) is 15.7. The third-order valence-corrected chi connectivity index (χ3v) is 5.96. The number of hydrogen-bond acceptors (Lipinski definition) is 5. The van der Waals surface area contributed by atoms with Crippen LogP contribution in [0, 0.1) is 5.82 Å². The van der Waals surface area contributed by atoms with Gasteiger partial charge in [-0.3, -0.25) is 9.13 Å². The van der Waals surface area contributed by atoms with E-state index in [2.05, 4.69) is 19.9 Å². The second kappa shape index (κ2) is 7.38. The molecule has 0 radical (unpaired) electrons. The Morgan fingerprint density at radius 3 is 2.88 bits per heavy atom. The summed E-state index contributed by atoms with van der Waals surface area (Å²) in [6.45, 7) is 0.548. The van der Waals surface area contributed by atoms with Gasteiger partial charge in [0.15, 0.2) is 5.65 Å². The van der Waals surface area contributed by atoms with Crippen LogP contribution in [0.3, 0.4) is 0 Å². The topological polar surface area (TPSA) is 90.6 Å². The highest BCUT2D eigenvalue weighted by molar-refractivity contribution is 5.77. The Balaban J connectivity index is 1.43. The number of rotatable bonds is 3. The molecule has 0 aliphatic carbocycles. The van der Waals surface area contributed by atoms with Gasteiger partial charge in [0, 0.05) is 18.7 Å². The molecule has 1 aliphatic heterocycles. The van der Waals surface area contributed by atoms with E-state index in [0.29, 0.717) is 47.6 Å². The Morgan fingerprint density at radius 1 is 1.12 bits per heavy atom. The summed E-state index contributed by atoms with van der Waals surface area (Å²) in [6, 6.07) is 14.3. The van der Waals surface area contributed by atoms with Crippen molar-refractivity contribution in [1.29, 1.82) is 0 Å². The monoisotopic (exact) mass is 430 g/mol. The summed E-state index contributed by atoms with van der Waals surface area (Å²) >= 11 is 0. The number of imidazole rings is 2. The minimum Gasteiger partial charge on any atom is -0.373 e. The Bertz CT molecular complexity index is 1490. The van der Waals surface area contributed by atoms with Gasteiger partial charge in [0.1, 0.15) is 17.7 Å². The summed E-state index contributed by atoms with van der Waals surface area (Å²) < 4.78 is 23.1. The minimum absolute atomic E-state index is 0.0741. The van der Waals surface area contributed by atoms with Gasteiger partial charge in [-0.15, -0.1) is 0 Å². The molecule has 160 valence electrons. The Labute approximate surface area is 181 Å². The predicted molar refractivity (Wildman–Crippen MR) is 116 cm³/mol. The molecular formula is C23H19FN6O2. The molecular weight excluding hydrogens is 411 g/mol. The Morgan fingerprint density at radius 2 is 2.00 bits per heavy atom. The lowest BCUT2D eigenvalue weighted by Crippen LogP contribution is -2.29. The van der Waals surface area contributed by atoms with Crippen molar-refractivity contribution in [3.8, 4) is 5.95 Å². The van der Waals surface area contributed by atoms with E-state index >= 15 is 0 Å². The van der Waals surface area contributed by atoms with Crippen LogP contribution >= 0.6 is 0 Å². The zero-order chi connectivity index (χ0) is 21.7. The lowest BCUT2D eigenvalue weighted by molar-refractivity contribution is -0.00691. The summed E-state index contributed by atoms with van der Waals surface area (Å²) in [7, 11) is 0. The molecule has 0 bridgehead atoms. The number of benzene rings is 2. The normalized spacial score (nSPS) is 19.0. The maximum absolute atomic E-state index is 13.8. The molecule has 5 aromatic rings. The van der Waals surface area contributed by atoms with Crippen molar-refractivity contribution in [1.82, 2.24) is 29.1 Å². The fourth-order valence-corrected chi connectivity index (χ4v) is 4.42. The number of ether oxygens (including phenoxy) is 1. The van der Waals surface area contributed by atoms with Gasteiger partial charge < -0.3 is 9.72 Å². The maximum Gasteiger partial charge on any atom is 0.327 e. The lowest BCUT2D eigenvalue weighted by atomic mass is 9.97. The molecule has 0 unspecified atom stereocenters. The van der Waals surface area contributed by atoms with E-state index in [1.165, 1.54) is 12.1 Å². The number of nitrogens with zero attached hydrogens (tertiary/aromatic N) is 5. The van der Waals surface area contributed by atoms with Crippen LogP contribution in [0.1, 0.15) is 30.6 Å². The van der Waals surface area contributed by atoms with Crippen LogP contribution in [-0.2, 0) is 4.74 Å². The second-order valence-corrected chi connectivity index (χ2v) is 7.90. The van der Waals surface area contributed by atoms with E-state index in [4.69, 9.17) is 4.74 Å². The minimum atomic E-state index is -0.368. The van der Waals surface area contributed by atoms with Crippen molar-refractivity contribution in [3.63, 3.8) is 0 Å². The number of fused-ring (bicyclic) bond motifs is 2. The molecule has 1 saturated heterocycles. The molecule has 0 amide bonds. The quantitative estimate of drug-likeness (QED) is 0.471. The predicted octanol–water partition coefficient (Wildman–Crippen LogP) is 3.69. The van der Waals surface area contributed by atoms with Crippen LogP contribution in [0.5, 0.6) is 0 Å². The summed E-state index contributed by atoms with van der Waals surface area (Å²) in [5, 5.41) is 0. The highest BCUT2D eigenvalue weighted by Gasteiger charge is 2.28. The largest absolute Gasteiger partial charge is 0.373 e. The van der Waals surface area contributed by atoms with Crippen LogP contribution in [0.15, 0.2) is 65.8 Å². The Hall–Kier alpha value is -3.85. The highest BCUT2D eigenvalue weighted by Crippen LogP contribution is 2.34. The molecule has 1 N–H and O–H groups in total. The van der Waals surface area contributed by atoms with Crippen molar-refractivity contribution in [2.24, 2.45) is 0 Å². The molecule has 2 aromatic carbocycles. The molecule has 1 aliphatic rings. The first-order valence-electron chi connectivity index (χ1n) is 10.4. The van der Waals surface area contributed by atoms with Gasteiger partial charge in [0.25, 0.3) is 0 Å². The molecule has 1 fully saturated rings. The molecule has 9 heteroatoms. The van der Waals surface area contributed by atoms with Gasteiger partial charge in [0.2, 0.25) is 5.95 Å². The summed E-state index contributed by atoms with van der Waals surface area (Å²) in [6.07, 6.45) is 4.41. The fraction of sp³-hybridized carbons (Fsp3) is 0.217. The fourth-order valence-electron chi connectivity index (χ4n) is 4.42. The third-order valence-electron chi connectivity index (χ3n) is 5.96. The molecule has 2 atom stereocenters. The van der Waals surface area contributed by atoms with E-state index in [0.717, 1.165) is 5.56 Å². The van der Waals surface area contributed by atoms with Crippen molar-refractivity contribution in [2.75, 3.05) is 6.61 Å². The second-order valence-electron chi connectivity index (χ2n) is 7.90. The first-order valence-corrected chi connectivity index (χ1v) is 10.4. The van der Waals surface area contributed by atoms with Crippen molar-refractivity contribution >= 4 is 22.2 Å². The lowest BCUT2D eigenvalue weighted by Gasteiger charge is -2.30. The van der Waals surface area contributed by atoms with Gasteiger partial charge in [-0.25, -0.2) is 19.2 Å². The van der Waals surface area contributed by atoms with Crippen molar-refractivity contribution in [3.05, 3.63) is 82.9 Å². The number of nitrogens with one attached hydrogen (secondary N) is 1. The molecule has 4 heterocycles. The van der Waals surface area contributed by atoms with E-state index in [1.54, 1.807) is 27.7 Å². The van der Waals surface area contributed by atoms with Gasteiger partial charge >= 0.3 is 5.69 Å². The first kappa shape index (κ1) is 18.9. The zero-order valence-electron chi connectivity index (χ0n) is 17.0. The number of halogens is 1. The zero-order valence-corrected chi connectivity index (χ0v) is 17.0. The average Bonchev–Trinajstić information content (AvgIpc) is 3.39. The summed E-state index contributed by atoms with van der Waals surface area (Å²) in [4.78, 5) is 29.1. The molecule has 32 heavy (non-hydrogen) atoms. The Kier molecular flexibility index (Phi) is 4.36. The smallest absolute Gasteiger partial charge is 0.327 e. The summed E-state index contributed by atoms with van der Waals surface area (Å²) in [5.41, 5.74) is 3.12. The number of hydrogen-bond donors (Lipinski definition) is 1. The van der Waals surface area contributed by atoms with Crippen LogP contribution < -0.4 is 5.69 Å². The van der Waals surface area contributed by atoms with Crippen molar-refractivity contribution in [2.45, 2.75) is 25.0 Å². The van der Waals surface area contributed by atoms with Crippen molar-refractivity contribution < 1.29 is 9.13 Å². The number of aromatic amines is 1. The molecule has 0 spiro atoms. The van der Waals surface area contributed by atoms with Gasteiger partial charge in [0.05, 0.1) is 23.3 Å². The molecule has 0 saturated carbocycles. The standard InChI is InChI=1S/C23H19FN6O2/c24-15-6-7-17-19(10-15)29(13-26-17)22-25-12-18-21(28-22)30(23(31)27-18)16-8-9-32-20(11-16)14-4-2-1-3-5-14/h1-7,10,12-13,16,20H,8-9,11H2,(H,27,31)/t16-,20+/m0/s1. The molecule has 6 rings (SSSR count). The number of H-pyrrole nitrogens is 1. The summed E-state index contributed by atoms with van der Waals surface area (Å²) in [5.74, 6) is -0.0435. The van der Waals surface area contributed by atoms with E-state index in [1.807, 2.05) is 30.3 Å². The van der Waals surface area contributed by atoms with Crippen LogP contribution in [0.25, 0.3) is 28.1 Å². The third kappa shape index (κ3) is 3.09. The number of aromatic nitrogens is 6. The SMILES string of the molecule is O=c1[nH]c2cnc(-n3cnc4ccc(F)cc43)nc2n1[C@H]1CCO[C@@H](c2ccccc2)C1. The van der Waals surface area contributed by atoms with Crippen LogP contribution in [-0.4, -0.2) is 35.7 Å². The van der Waals surface area contributed by atoms with E-state index in [9.17, 15) is 9.18 Å². The highest BCUT2D eigenvalue weighted by atomic mass is 19.1. The molecule has 3 aromatic heterocycles. The van der Waals surface area contributed by atoms with E-state index in [-0.39, 0.29) is 23.7 Å². The average molecular weight is 430 g/mol. The van der Waals surface area contributed by atoms with Gasteiger partial charge in [-0.2, -0.15) is 4.98 Å². The maximum atomic E-state index is 13.8. The van der Waals surface area contributed by atoms with E-state index < -0.39 is 0 Å².